The molecule has 1 saturated heterocycles. The number of amides is 3. The Labute approximate surface area is 244 Å². The quantitative estimate of drug-likeness (QED) is 0.294. The molecule has 3 aromatic rings. The summed E-state index contributed by atoms with van der Waals surface area (Å²) in [5.41, 5.74) is 4.26. The number of fused-ring (bicyclic) bond motifs is 3. The van der Waals surface area contributed by atoms with Crippen LogP contribution in [0.1, 0.15) is 35.4 Å². The van der Waals surface area contributed by atoms with Gasteiger partial charge in [-0.25, -0.2) is 4.79 Å². The summed E-state index contributed by atoms with van der Waals surface area (Å²) in [5.74, 6) is -2.46. The van der Waals surface area contributed by atoms with Crippen LogP contribution in [0.2, 0.25) is 0 Å². The van der Waals surface area contributed by atoms with Gasteiger partial charge in [0.2, 0.25) is 11.8 Å². The maximum atomic E-state index is 13.5. The monoisotopic (exact) mass is 570 g/mol. The fraction of sp³-hybridized carbons (Fsp3) is 0.312. The summed E-state index contributed by atoms with van der Waals surface area (Å²) >= 11 is 0. The maximum Gasteiger partial charge on any atom is 0.408 e. The molecule has 218 valence electrons. The maximum absolute atomic E-state index is 13.5. The van der Waals surface area contributed by atoms with Gasteiger partial charge in [0.15, 0.2) is 0 Å². The molecular formula is C32H34N4O6. The Morgan fingerprint density at radius 2 is 1.40 bits per heavy atom. The second-order valence-corrected chi connectivity index (χ2v) is 10.6. The summed E-state index contributed by atoms with van der Waals surface area (Å²) in [6.45, 7) is 0.935. The van der Waals surface area contributed by atoms with Crippen molar-refractivity contribution in [3.63, 3.8) is 0 Å². The van der Waals surface area contributed by atoms with E-state index in [4.69, 9.17) is 9.84 Å². The van der Waals surface area contributed by atoms with Crippen LogP contribution in [0, 0.1) is 0 Å². The zero-order valence-electron chi connectivity index (χ0n) is 23.2. The summed E-state index contributed by atoms with van der Waals surface area (Å²) in [6, 6.07) is 26.1. The summed E-state index contributed by atoms with van der Waals surface area (Å²) in [5, 5.41) is 16.4. The van der Waals surface area contributed by atoms with Gasteiger partial charge in [-0.15, -0.1) is 0 Å². The lowest BCUT2D eigenvalue weighted by Crippen LogP contribution is -2.64. The van der Waals surface area contributed by atoms with E-state index in [0.717, 1.165) is 27.8 Å². The van der Waals surface area contributed by atoms with Gasteiger partial charge >= 0.3 is 12.1 Å². The Morgan fingerprint density at radius 3 is 2.02 bits per heavy atom. The SMILES string of the molecule is O=C(O)CNC(=O)CNC(=O)C1(NC(=O)OCC2c3ccccc3-c3ccccc32)CCN(Cc2ccccc2)CC1. The molecular weight excluding hydrogens is 536 g/mol. The van der Waals surface area contributed by atoms with Gasteiger partial charge in [0.05, 0.1) is 6.54 Å². The summed E-state index contributed by atoms with van der Waals surface area (Å²) < 4.78 is 5.74. The average Bonchev–Trinajstić information content (AvgIpc) is 3.33. The first kappa shape index (κ1) is 28.8. The third-order valence-corrected chi connectivity index (χ3v) is 7.92. The number of carbonyl (C=O) groups is 4. The smallest absolute Gasteiger partial charge is 0.408 e. The largest absolute Gasteiger partial charge is 0.480 e. The molecule has 1 aliphatic carbocycles. The van der Waals surface area contributed by atoms with E-state index in [1.165, 1.54) is 0 Å². The third-order valence-electron chi connectivity index (χ3n) is 7.92. The number of likely N-dealkylation sites (tertiary alicyclic amines) is 1. The molecule has 0 aromatic heterocycles. The average molecular weight is 571 g/mol. The Hall–Kier alpha value is -4.70. The fourth-order valence-corrected chi connectivity index (χ4v) is 5.74. The molecule has 10 nitrogen and oxygen atoms in total. The van der Waals surface area contributed by atoms with Gasteiger partial charge in [-0.05, 0) is 40.7 Å². The first-order valence-corrected chi connectivity index (χ1v) is 14.0. The van der Waals surface area contributed by atoms with Crippen molar-refractivity contribution >= 4 is 23.9 Å². The Balaban J connectivity index is 1.25. The molecule has 4 N–H and O–H groups in total. The number of carboxylic acids is 1. The predicted octanol–water partition coefficient (Wildman–Crippen LogP) is 2.88. The van der Waals surface area contributed by atoms with Gasteiger partial charge in [-0.1, -0.05) is 78.9 Å². The van der Waals surface area contributed by atoms with E-state index in [2.05, 4.69) is 33.0 Å². The highest BCUT2D eigenvalue weighted by Crippen LogP contribution is 2.44. The van der Waals surface area contributed by atoms with E-state index in [0.29, 0.717) is 32.5 Å². The molecule has 3 amide bonds. The highest BCUT2D eigenvalue weighted by atomic mass is 16.5. The molecule has 1 heterocycles. The number of rotatable bonds is 10. The number of carbonyl (C=O) groups excluding carboxylic acids is 3. The summed E-state index contributed by atoms with van der Waals surface area (Å²) in [4.78, 5) is 51.7. The van der Waals surface area contributed by atoms with E-state index in [9.17, 15) is 19.2 Å². The lowest BCUT2D eigenvalue weighted by atomic mass is 9.86. The van der Waals surface area contributed by atoms with Gasteiger partial charge < -0.3 is 25.8 Å². The summed E-state index contributed by atoms with van der Waals surface area (Å²) in [6.07, 6.45) is -0.0852. The molecule has 0 radical (unpaired) electrons. The lowest BCUT2D eigenvalue weighted by Gasteiger charge is -2.40. The second-order valence-electron chi connectivity index (χ2n) is 10.6. The van der Waals surface area contributed by atoms with Crippen molar-refractivity contribution in [2.24, 2.45) is 0 Å². The number of benzene rings is 3. The normalized spacial score (nSPS) is 15.6. The van der Waals surface area contributed by atoms with Crippen LogP contribution in [-0.4, -0.2) is 72.2 Å². The van der Waals surface area contributed by atoms with Gasteiger partial charge in [0.1, 0.15) is 18.7 Å². The molecule has 0 unspecified atom stereocenters. The van der Waals surface area contributed by atoms with Gasteiger partial charge in [-0.3, -0.25) is 19.3 Å². The minimum atomic E-state index is -1.29. The van der Waals surface area contributed by atoms with E-state index in [1.807, 2.05) is 66.7 Å². The number of alkyl carbamates (subject to hydrolysis) is 1. The van der Waals surface area contributed by atoms with E-state index >= 15 is 0 Å². The van der Waals surface area contributed by atoms with Crippen molar-refractivity contribution in [2.75, 3.05) is 32.8 Å². The molecule has 42 heavy (non-hydrogen) atoms. The number of nitrogens with zero attached hydrogens (tertiary/aromatic N) is 1. The molecule has 3 aromatic carbocycles. The molecule has 10 heteroatoms. The second kappa shape index (κ2) is 12.9. The fourth-order valence-electron chi connectivity index (χ4n) is 5.74. The molecule has 0 bridgehead atoms. The molecule has 2 aliphatic rings. The van der Waals surface area contributed by atoms with Crippen LogP contribution >= 0.6 is 0 Å². The molecule has 5 rings (SSSR count). The van der Waals surface area contributed by atoms with Crippen LogP contribution < -0.4 is 16.0 Å². The molecule has 0 atom stereocenters. The zero-order valence-corrected chi connectivity index (χ0v) is 23.2. The van der Waals surface area contributed by atoms with Crippen molar-refractivity contribution in [1.29, 1.82) is 0 Å². The van der Waals surface area contributed by atoms with Crippen molar-refractivity contribution in [3.05, 3.63) is 95.6 Å². The predicted molar refractivity (Wildman–Crippen MR) is 156 cm³/mol. The van der Waals surface area contributed by atoms with E-state index < -0.39 is 42.5 Å². The number of nitrogens with one attached hydrogen (secondary N) is 3. The number of ether oxygens (including phenoxy) is 1. The zero-order chi connectivity index (χ0) is 29.5. The highest BCUT2D eigenvalue weighted by molar-refractivity contribution is 5.93. The molecule has 0 spiro atoms. The minimum Gasteiger partial charge on any atom is -0.480 e. The summed E-state index contributed by atoms with van der Waals surface area (Å²) in [7, 11) is 0. The van der Waals surface area contributed by atoms with Crippen LogP contribution in [0.15, 0.2) is 78.9 Å². The van der Waals surface area contributed by atoms with Crippen LogP contribution in [-0.2, 0) is 25.7 Å². The Morgan fingerprint density at radius 1 is 0.810 bits per heavy atom. The molecule has 1 fully saturated rings. The Kier molecular flexibility index (Phi) is 8.83. The van der Waals surface area contributed by atoms with Crippen molar-refractivity contribution in [2.45, 2.75) is 30.8 Å². The third kappa shape index (κ3) is 6.60. The molecule has 0 saturated carbocycles. The number of aliphatic carboxylic acids is 1. The topological polar surface area (TPSA) is 137 Å². The van der Waals surface area contributed by atoms with Gasteiger partial charge in [0, 0.05) is 25.6 Å². The number of carboxylic acid groups (broad SMARTS) is 1. The Bertz CT molecular complexity index is 1410. The van der Waals surface area contributed by atoms with E-state index in [1.54, 1.807) is 0 Å². The first-order chi connectivity index (χ1) is 20.3. The van der Waals surface area contributed by atoms with Crippen molar-refractivity contribution in [3.8, 4) is 11.1 Å². The number of piperidine rings is 1. The molecule has 1 aliphatic heterocycles. The van der Waals surface area contributed by atoms with E-state index in [-0.39, 0.29) is 12.5 Å². The van der Waals surface area contributed by atoms with Crippen LogP contribution in [0.4, 0.5) is 4.79 Å². The highest BCUT2D eigenvalue weighted by Gasteiger charge is 2.43. The standard InChI is InChI=1S/C32H34N4O6/c37-28(33-19-29(38)39)18-34-30(40)32(14-16-36(17-15-32)20-22-8-2-1-3-9-22)35-31(41)42-21-27-25-12-6-4-10-23(25)24-11-5-7-13-26(24)27/h1-13,27H,14-21H2,(H,33,37)(H,34,40)(H,35,41)(H,38,39). The van der Waals surface area contributed by atoms with Gasteiger partial charge in [0.25, 0.3) is 0 Å². The van der Waals surface area contributed by atoms with Crippen LogP contribution in [0.25, 0.3) is 11.1 Å². The minimum absolute atomic E-state index is 0.106. The van der Waals surface area contributed by atoms with Gasteiger partial charge in [-0.2, -0.15) is 0 Å². The first-order valence-electron chi connectivity index (χ1n) is 14.0. The lowest BCUT2D eigenvalue weighted by molar-refractivity contribution is -0.138. The van der Waals surface area contributed by atoms with Crippen molar-refractivity contribution in [1.82, 2.24) is 20.9 Å². The van der Waals surface area contributed by atoms with Crippen LogP contribution in [0.3, 0.4) is 0 Å². The van der Waals surface area contributed by atoms with Crippen LogP contribution in [0.5, 0.6) is 0 Å². The number of hydrogen-bond acceptors (Lipinski definition) is 6. The van der Waals surface area contributed by atoms with Crippen molar-refractivity contribution < 1.29 is 29.0 Å². The number of hydrogen-bond donors (Lipinski definition) is 4.